The van der Waals surface area contributed by atoms with Gasteiger partial charge >= 0.3 is 6.03 Å². The van der Waals surface area contributed by atoms with Crippen molar-refractivity contribution in [3.05, 3.63) is 12.3 Å². The number of rotatable bonds is 5. The first-order valence-electron chi connectivity index (χ1n) is 5.27. The Labute approximate surface area is 89.9 Å². The molecule has 2 N–H and O–H groups in total. The first kappa shape index (κ1) is 11.6. The second-order valence-electron chi connectivity index (χ2n) is 3.43. The van der Waals surface area contributed by atoms with Crippen molar-refractivity contribution in [1.82, 2.24) is 15.1 Å². The molecule has 0 aliphatic carbocycles. The molecule has 0 saturated carbocycles. The van der Waals surface area contributed by atoms with E-state index < -0.39 is 0 Å². The van der Waals surface area contributed by atoms with Crippen molar-refractivity contribution in [2.75, 3.05) is 11.9 Å². The van der Waals surface area contributed by atoms with Gasteiger partial charge in [0.05, 0.1) is 6.20 Å². The lowest BCUT2D eigenvalue weighted by Gasteiger charge is -2.06. The van der Waals surface area contributed by atoms with E-state index in [9.17, 15) is 4.79 Å². The monoisotopic (exact) mass is 210 g/mol. The van der Waals surface area contributed by atoms with Crippen LogP contribution in [0.3, 0.4) is 0 Å². The normalized spacial score (nSPS) is 10.0. The number of unbranched alkanes of at least 4 members (excludes halogenated alkanes) is 2. The van der Waals surface area contributed by atoms with Gasteiger partial charge < -0.3 is 5.32 Å². The zero-order valence-corrected chi connectivity index (χ0v) is 9.29. The van der Waals surface area contributed by atoms with Crippen LogP contribution >= 0.6 is 0 Å². The summed E-state index contributed by atoms with van der Waals surface area (Å²) in [5.74, 6) is 0.697. The number of aryl methyl sites for hydroxylation is 1. The van der Waals surface area contributed by atoms with Gasteiger partial charge in [0.1, 0.15) is 5.82 Å². The van der Waals surface area contributed by atoms with E-state index in [-0.39, 0.29) is 6.03 Å². The van der Waals surface area contributed by atoms with Crippen molar-refractivity contribution in [3.63, 3.8) is 0 Å². The van der Waals surface area contributed by atoms with E-state index in [0.29, 0.717) is 5.82 Å². The maximum atomic E-state index is 11.4. The molecule has 1 rings (SSSR count). The predicted molar refractivity (Wildman–Crippen MR) is 59.8 cm³/mol. The lowest BCUT2D eigenvalue weighted by Crippen LogP contribution is -2.30. The number of carbonyl (C=O) groups excluding carboxylic acids is 1. The molecule has 0 spiro atoms. The number of nitrogens with one attached hydrogen (secondary N) is 2. The van der Waals surface area contributed by atoms with Gasteiger partial charge in [0, 0.05) is 19.7 Å². The van der Waals surface area contributed by atoms with Crippen LogP contribution in [0.4, 0.5) is 10.6 Å². The molecule has 0 radical (unpaired) electrons. The van der Waals surface area contributed by atoms with E-state index in [1.807, 2.05) is 0 Å². The molecule has 15 heavy (non-hydrogen) atoms. The van der Waals surface area contributed by atoms with Crippen LogP contribution in [-0.2, 0) is 7.05 Å². The van der Waals surface area contributed by atoms with Crippen LogP contribution in [-0.4, -0.2) is 22.4 Å². The second-order valence-corrected chi connectivity index (χ2v) is 3.43. The highest BCUT2D eigenvalue weighted by Gasteiger charge is 2.02. The molecule has 0 bridgehead atoms. The average molecular weight is 210 g/mol. The number of carbonyl (C=O) groups is 1. The molecule has 1 heterocycles. The van der Waals surface area contributed by atoms with Crippen LogP contribution in [0.1, 0.15) is 26.2 Å². The highest BCUT2D eigenvalue weighted by Crippen LogP contribution is 2.02. The third-order valence-corrected chi connectivity index (χ3v) is 2.13. The van der Waals surface area contributed by atoms with Crippen molar-refractivity contribution in [2.45, 2.75) is 26.2 Å². The summed E-state index contributed by atoms with van der Waals surface area (Å²) in [5, 5.41) is 9.46. The molecule has 0 atom stereocenters. The van der Waals surface area contributed by atoms with Gasteiger partial charge in [-0.3, -0.25) is 10.00 Å². The molecule has 0 aliphatic rings. The summed E-state index contributed by atoms with van der Waals surface area (Å²) in [6.45, 7) is 2.85. The van der Waals surface area contributed by atoms with Crippen molar-refractivity contribution in [1.29, 1.82) is 0 Å². The van der Waals surface area contributed by atoms with Gasteiger partial charge in [0.15, 0.2) is 0 Å². The van der Waals surface area contributed by atoms with Gasteiger partial charge in [-0.05, 0) is 6.42 Å². The molecular weight excluding hydrogens is 192 g/mol. The lowest BCUT2D eigenvalue weighted by atomic mass is 10.2. The van der Waals surface area contributed by atoms with Crippen molar-refractivity contribution in [3.8, 4) is 0 Å². The van der Waals surface area contributed by atoms with Gasteiger partial charge in [-0.25, -0.2) is 4.79 Å². The van der Waals surface area contributed by atoms with Crippen LogP contribution in [0, 0.1) is 0 Å². The van der Waals surface area contributed by atoms with Crippen LogP contribution in [0.5, 0.6) is 0 Å². The topological polar surface area (TPSA) is 59.0 Å². The van der Waals surface area contributed by atoms with Crippen LogP contribution in [0.25, 0.3) is 0 Å². The Morgan fingerprint density at radius 3 is 2.93 bits per heavy atom. The minimum atomic E-state index is -0.172. The Morgan fingerprint density at radius 2 is 2.33 bits per heavy atom. The molecule has 0 unspecified atom stereocenters. The fraction of sp³-hybridized carbons (Fsp3) is 0.600. The molecule has 0 saturated heterocycles. The molecule has 84 valence electrons. The summed E-state index contributed by atoms with van der Waals surface area (Å²) < 4.78 is 1.62. The van der Waals surface area contributed by atoms with Gasteiger partial charge in [-0.15, -0.1) is 0 Å². The molecule has 5 nitrogen and oxygen atoms in total. The third-order valence-electron chi connectivity index (χ3n) is 2.13. The quantitative estimate of drug-likeness (QED) is 0.727. The van der Waals surface area contributed by atoms with Crippen molar-refractivity contribution < 1.29 is 4.79 Å². The van der Waals surface area contributed by atoms with E-state index in [4.69, 9.17) is 0 Å². The largest absolute Gasteiger partial charge is 0.338 e. The minimum Gasteiger partial charge on any atom is -0.338 e. The first-order chi connectivity index (χ1) is 7.24. The zero-order valence-electron chi connectivity index (χ0n) is 9.29. The summed E-state index contributed by atoms with van der Waals surface area (Å²) in [6, 6.07) is 1.58. The number of hydrogen-bond acceptors (Lipinski definition) is 2. The number of hydrogen-bond donors (Lipinski definition) is 2. The Hall–Kier alpha value is -1.52. The highest BCUT2D eigenvalue weighted by atomic mass is 16.2. The highest BCUT2D eigenvalue weighted by molar-refractivity contribution is 5.88. The van der Waals surface area contributed by atoms with Gasteiger partial charge in [0.25, 0.3) is 0 Å². The maximum absolute atomic E-state index is 11.4. The molecule has 0 aromatic carbocycles. The molecular formula is C10H18N4O. The van der Waals surface area contributed by atoms with Crippen molar-refractivity contribution in [2.24, 2.45) is 7.05 Å². The van der Waals surface area contributed by atoms with E-state index >= 15 is 0 Å². The molecule has 5 heteroatoms. The van der Waals surface area contributed by atoms with E-state index in [2.05, 4.69) is 22.7 Å². The Kier molecular flexibility index (Phi) is 4.66. The fourth-order valence-electron chi connectivity index (χ4n) is 1.23. The van der Waals surface area contributed by atoms with Crippen LogP contribution in [0.2, 0.25) is 0 Å². The molecule has 0 fully saturated rings. The summed E-state index contributed by atoms with van der Waals surface area (Å²) in [5.41, 5.74) is 0. The average Bonchev–Trinajstić information content (AvgIpc) is 2.59. The van der Waals surface area contributed by atoms with Gasteiger partial charge in [-0.1, -0.05) is 19.8 Å². The van der Waals surface area contributed by atoms with Gasteiger partial charge in [-0.2, -0.15) is 5.10 Å². The number of nitrogens with zero attached hydrogens (tertiary/aromatic N) is 2. The van der Waals surface area contributed by atoms with E-state index in [1.54, 1.807) is 24.0 Å². The maximum Gasteiger partial charge on any atom is 0.320 e. The standard InChI is InChI=1S/C10H18N4O/c1-3-4-5-7-11-10(15)13-9-6-8-12-14(9)2/h6,8H,3-5,7H2,1-2H3,(H2,11,13,15). The predicted octanol–water partition coefficient (Wildman–Crippen LogP) is 1.73. The summed E-state index contributed by atoms with van der Waals surface area (Å²) in [6.07, 6.45) is 4.97. The molecule has 1 aromatic rings. The summed E-state index contributed by atoms with van der Waals surface area (Å²) in [7, 11) is 1.78. The SMILES string of the molecule is CCCCCNC(=O)Nc1ccnn1C. The first-order valence-corrected chi connectivity index (χ1v) is 5.27. The van der Waals surface area contributed by atoms with Crippen molar-refractivity contribution >= 4 is 11.8 Å². The lowest BCUT2D eigenvalue weighted by molar-refractivity contribution is 0.251. The minimum absolute atomic E-state index is 0.172. The Bertz CT molecular complexity index is 308. The summed E-state index contributed by atoms with van der Waals surface area (Å²) in [4.78, 5) is 11.4. The fourth-order valence-corrected chi connectivity index (χ4v) is 1.23. The van der Waals surface area contributed by atoms with E-state index in [1.165, 1.54) is 0 Å². The van der Waals surface area contributed by atoms with Gasteiger partial charge in [0.2, 0.25) is 0 Å². The third kappa shape index (κ3) is 4.01. The number of amides is 2. The van der Waals surface area contributed by atoms with Crippen LogP contribution < -0.4 is 10.6 Å². The number of urea groups is 1. The molecule has 1 aromatic heterocycles. The Morgan fingerprint density at radius 1 is 1.53 bits per heavy atom. The molecule has 2 amide bonds. The second kappa shape index (κ2) is 6.06. The number of anilines is 1. The summed E-state index contributed by atoms with van der Waals surface area (Å²) >= 11 is 0. The smallest absolute Gasteiger partial charge is 0.320 e. The van der Waals surface area contributed by atoms with E-state index in [0.717, 1.165) is 25.8 Å². The van der Waals surface area contributed by atoms with Crippen LogP contribution in [0.15, 0.2) is 12.3 Å². The Balaban J connectivity index is 2.22. The number of aromatic nitrogens is 2. The zero-order chi connectivity index (χ0) is 11.1. The molecule has 0 aliphatic heterocycles.